The van der Waals surface area contributed by atoms with Crippen molar-refractivity contribution in [1.82, 2.24) is 24.3 Å². The zero-order chi connectivity index (χ0) is 19.1. The molecule has 0 amide bonds. The summed E-state index contributed by atoms with van der Waals surface area (Å²) in [6.07, 6.45) is 1.01. The van der Waals surface area contributed by atoms with Gasteiger partial charge in [-0.1, -0.05) is 6.07 Å². The average molecular weight is 358 g/mol. The number of benzene rings is 1. The third-order valence-electron chi connectivity index (χ3n) is 4.49. The summed E-state index contributed by atoms with van der Waals surface area (Å²) < 4.78 is 3.49. The fourth-order valence-corrected chi connectivity index (χ4v) is 3.13. The van der Waals surface area contributed by atoms with Crippen LogP contribution in [0.3, 0.4) is 0 Å². The van der Waals surface area contributed by atoms with E-state index in [0.29, 0.717) is 22.9 Å². The third-order valence-corrected chi connectivity index (χ3v) is 4.49. The van der Waals surface area contributed by atoms with E-state index in [0.717, 1.165) is 22.3 Å². The van der Waals surface area contributed by atoms with Crippen LogP contribution in [0.5, 0.6) is 0 Å². The number of aliphatic hydroxyl groups excluding tert-OH is 1. The highest BCUT2D eigenvalue weighted by molar-refractivity contribution is 5.77. The molecule has 7 heteroatoms. The molecule has 1 N–H and O–H groups in total. The normalized spacial score (nSPS) is 12.3. The van der Waals surface area contributed by atoms with Gasteiger partial charge in [0.15, 0.2) is 11.5 Å². The van der Waals surface area contributed by atoms with Gasteiger partial charge in [0.25, 0.3) is 0 Å². The van der Waals surface area contributed by atoms with Crippen molar-refractivity contribution in [2.24, 2.45) is 0 Å². The Bertz CT molecular complexity index is 1200. The Morgan fingerprint density at radius 2 is 1.96 bits per heavy atom. The molecule has 0 radical (unpaired) electrons. The third kappa shape index (κ3) is 2.86. The summed E-state index contributed by atoms with van der Waals surface area (Å²) in [7, 11) is 0. The molecule has 0 aliphatic heterocycles. The smallest absolute Gasteiger partial charge is 0.163 e. The molecule has 0 fully saturated rings. The minimum absolute atomic E-state index is 0.305. The van der Waals surface area contributed by atoms with Gasteiger partial charge in [-0.25, -0.2) is 14.6 Å². The molecule has 1 atom stereocenters. The van der Waals surface area contributed by atoms with Gasteiger partial charge in [0.1, 0.15) is 18.2 Å². The fourth-order valence-electron chi connectivity index (χ4n) is 3.13. The summed E-state index contributed by atoms with van der Waals surface area (Å²) in [6.45, 7) is 5.56. The van der Waals surface area contributed by atoms with E-state index in [4.69, 9.17) is 10.2 Å². The largest absolute Gasteiger partial charge is 0.389 e. The minimum atomic E-state index is -0.724. The van der Waals surface area contributed by atoms with Crippen LogP contribution in [0.1, 0.15) is 35.5 Å². The van der Waals surface area contributed by atoms with Crippen LogP contribution in [0.4, 0.5) is 0 Å². The molecule has 3 heterocycles. The minimum Gasteiger partial charge on any atom is -0.389 e. The lowest BCUT2D eigenvalue weighted by Gasteiger charge is -2.14. The van der Waals surface area contributed by atoms with E-state index < -0.39 is 6.10 Å². The maximum absolute atomic E-state index is 10.2. The Balaban J connectivity index is 1.93. The molecular weight excluding hydrogens is 340 g/mol. The van der Waals surface area contributed by atoms with Crippen molar-refractivity contribution >= 4 is 11.0 Å². The summed E-state index contributed by atoms with van der Waals surface area (Å²) in [5, 5.41) is 23.6. The number of aliphatic hydroxyl groups is 1. The summed E-state index contributed by atoms with van der Waals surface area (Å²) in [4.78, 5) is 9.20. The molecule has 27 heavy (non-hydrogen) atoms. The van der Waals surface area contributed by atoms with Crippen molar-refractivity contribution in [3.05, 3.63) is 65.2 Å². The van der Waals surface area contributed by atoms with Gasteiger partial charge < -0.3 is 5.11 Å². The van der Waals surface area contributed by atoms with Crippen molar-refractivity contribution < 1.29 is 5.11 Å². The van der Waals surface area contributed by atoms with Crippen molar-refractivity contribution in [3.8, 4) is 17.7 Å². The first kappa shape index (κ1) is 16.9. The molecule has 0 spiro atoms. The first-order valence-electron chi connectivity index (χ1n) is 8.58. The topological polar surface area (TPSA) is 92.5 Å². The molecule has 0 saturated carbocycles. The van der Waals surface area contributed by atoms with Gasteiger partial charge in [-0.2, -0.15) is 10.4 Å². The quantitative estimate of drug-likeness (QED) is 0.607. The van der Waals surface area contributed by atoms with Gasteiger partial charge in [-0.3, -0.25) is 4.57 Å². The zero-order valence-electron chi connectivity index (χ0n) is 15.2. The molecule has 0 aliphatic rings. The van der Waals surface area contributed by atoms with E-state index in [1.807, 2.05) is 54.8 Å². The maximum Gasteiger partial charge on any atom is 0.163 e. The standard InChI is InChI=1S/C20H18N6O/c1-12-4-6-18-17(8-12)22-11-25(18)19-7-5-16(14(3)27)20(23-19)26-13(2)9-15(10-21)24-26/h4-9,11,14,27H,1-3H3. The van der Waals surface area contributed by atoms with Crippen molar-refractivity contribution in [2.45, 2.75) is 26.9 Å². The lowest BCUT2D eigenvalue weighted by atomic mass is 10.1. The van der Waals surface area contributed by atoms with Gasteiger partial charge in [0, 0.05) is 11.3 Å². The van der Waals surface area contributed by atoms with E-state index in [1.54, 1.807) is 24.0 Å². The number of hydrogen-bond acceptors (Lipinski definition) is 5. The van der Waals surface area contributed by atoms with Gasteiger partial charge in [0.05, 0.1) is 17.1 Å². The molecule has 1 aromatic carbocycles. The number of nitriles is 1. The second-order valence-electron chi connectivity index (χ2n) is 6.56. The van der Waals surface area contributed by atoms with Gasteiger partial charge in [-0.05, 0) is 56.7 Å². The zero-order valence-corrected chi connectivity index (χ0v) is 15.2. The summed E-state index contributed by atoms with van der Waals surface area (Å²) in [5.74, 6) is 1.16. The first-order chi connectivity index (χ1) is 13.0. The number of fused-ring (bicyclic) bond motifs is 1. The molecule has 3 aromatic heterocycles. The van der Waals surface area contributed by atoms with Gasteiger partial charge in [-0.15, -0.1) is 0 Å². The molecule has 1 unspecified atom stereocenters. The van der Waals surface area contributed by atoms with E-state index >= 15 is 0 Å². The Hall–Kier alpha value is -3.50. The molecule has 4 rings (SSSR count). The predicted molar refractivity (Wildman–Crippen MR) is 101 cm³/mol. The number of pyridine rings is 1. The number of hydrogen-bond donors (Lipinski definition) is 1. The van der Waals surface area contributed by atoms with Gasteiger partial charge >= 0.3 is 0 Å². The predicted octanol–water partition coefficient (Wildman–Crippen LogP) is 3.15. The highest BCUT2D eigenvalue weighted by Crippen LogP contribution is 2.25. The SMILES string of the molecule is Cc1ccc2c(c1)ncn2-c1ccc(C(C)O)c(-n2nc(C#N)cc2C)n1. The van der Waals surface area contributed by atoms with Crippen LogP contribution in [0.15, 0.2) is 42.7 Å². The summed E-state index contributed by atoms with van der Waals surface area (Å²) in [5.41, 5.74) is 4.68. The maximum atomic E-state index is 10.2. The van der Waals surface area contributed by atoms with Crippen molar-refractivity contribution in [3.63, 3.8) is 0 Å². The first-order valence-corrected chi connectivity index (χ1v) is 8.58. The highest BCUT2D eigenvalue weighted by atomic mass is 16.3. The molecular formula is C20H18N6O. The van der Waals surface area contributed by atoms with Crippen LogP contribution < -0.4 is 0 Å². The van der Waals surface area contributed by atoms with Crippen LogP contribution in [0.25, 0.3) is 22.7 Å². The number of rotatable bonds is 3. The number of aromatic nitrogens is 5. The lowest BCUT2D eigenvalue weighted by molar-refractivity contribution is 0.198. The number of imidazole rings is 1. The van der Waals surface area contributed by atoms with Gasteiger partial charge in [0.2, 0.25) is 0 Å². The van der Waals surface area contributed by atoms with E-state index in [-0.39, 0.29) is 0 Å². The molecule has 0 bridgehead atoms. The number of nitrogens with zero attached hydrogens (tertiary/aromatic N) is 6. The van der Waals surface area contributed by atoms with Crippen LogP contribution in [0.2, 0.25) is 0 Å². The Labute approximate surface area is 156 Å². The summed E-state index contributed by atoms with van der Waals surface area (Å²) in [6, 6.07) is 13.5. The number of aryl methyl sites for hydroxylation is 2. The van der Waals surface area contributed by atoms with Crippen LogP contribution in [0, 0.1) is 25.2 Å². The summed E-state index contributed by atoms with van der Waals surface area (Å²) >= 11 is 0. The lowest BCUT2D eigenvalue weighted by Crippen LogP contribution is -2.10. The molecule has 134 valence electrons. The Morgan fingerprint density at radius 3 is 2.67 bits per heavy atom. The Kier molecular flexibility index (Phi) is 3.98. The molecule has 4 aromatic rings. The van der Waals surface area contributed by atoms with E-state index in [2.05, 4.69) is 10.1 Å². The fraction of sp³-hybridized carbons (Fsp3) is 0.200. The van der Waals surface area contributed by atoms with Crippen molar-refractivity contribution in [1.29, 1.82) is 5.26 Å². The molecule has 0 saturated heterocycles. The monoisotopic (exact) mass is 358 g/mol. The highest BCUT2D eigenvalue weighted by Gasteiger charge is 2.17. The van der Waals surface area contributed by atoms with Crippen molar-refractivity contribution in [2.75, 3.05) is 0 Å². The second kappa shape index (κ2) is 6.34. The Morgan fingerprint density at radius 1 is 1.15 bits per heavy atom. The second-order valence-corrected chi connectivity index (χ2v) is 6.56. The van der Waals surface area contributed by atoms with Crippen LogP contribution >= 0.6 is 0 Å². The molecule has 7 nitrogen and oxygen atoms in total. The van der Waals surface area contributed by atoms with E-state index in [9.17, 15) is 5.11 Å². The average Bonchev–Trinajstić information content (AvgIpc) is 3.23. The van der Waals surface area contributed by atoms with E-state index in [1.165, 1.54) is 0 Å². The van der Waals surface area contributed by atoms with Crippen LogP contribution in [-0.4, -0.2) is 29.4 Å². The molecule has 0 aliphatic carbocycles. The van der Waals surface area contributed by atoms with Crippen LogP contribution in [-0.2, 0) is 0 Å².